The predicted molar refractivity (Wildman–Crippen MR) is 82.4 cm³/mol. The van der Waals surface area contributed by atoms with E-state index in [-0.39, 0.29) is 17.6 Å². The van der Waals surface area contributed by atoms with E-state index >= 15 is 0 Å². The highest BCUT2D eigenvalue weighted by Gasteiger charge is 2.56. The van der Waals surface area contributed by atoms with Crippen LogP contribution in [0.4, 0.5) is 0 Å². The van der Waals surface area contributed by atoms with Gasteiger partial charge >= 0.3 is 0 Å². The molecule has 19 heavy (non-hydrogen) atoms. The maximum atomic E-state index is 10.2. The van der Waals surface area contributed by atoms with Gasteiger partial charge in [0.2, 0.25) is 0 Å². The van der Waals surface area contributed by atoms with Gasteiger partial charge in [-0.2, -0.15) is 0 Å². The van der Waals surface area contributed by atoms with E-state index in [2.05, 4.69) is 31.9 Å². The second-order valence-corrected chi connectivity index (χ2v) is 7.41. The SMILES string of the molecule is OC1CC(Oc2c(Br)cccc2Br)C12CCCCC2. The third-order valence-corrected chi connectivity index (χ3v) is 5.95. The molecule has 0 aliphatic heterocycles. The lowest BCUT2D eigenvalue weighted by Crippen LogP contribution is -2.60. The number of para-hydroxylation sites is 1. The average molecular weight is 390 g/mol. The van der Waals surface area contributed by atoms with Crippen LogP contribution in [0.2, 0.25) is 0 Å². The van der Waals surface area contributed by atoms with Crippen molar-refractivity contribution in [2.24, 2.45) is 5.41 Å². The van der Waals surface area contributed by atoms with Gasteiger partial charge < -0.3 is 9.84 Å². The molecule has 2 saturated carbocycles. The molecule has 0 amide bonds. The molecule has 1 N–H and O–H groups in total. The van der Waals surface area contributed by atoms with Crippen LogP contribution >= 0.6 is 31.9 Å². The summed E-state index contributed by atoms with van der Waals surface area (Å²) >= 11 is 7.08. The number of hydrogen-bond donors (Lipinski definition) is 1. The standard InChI is InChI=1S/C15H18Br2O2/c16-10-5-4-6-11(17)14(10)19-13-9-12(18)15(13)7-2-1-3-8-15/h4-6,12-13,18H,1-3,7-9H2. The Balaban J connectivity index is 1.80. The highest BCUT2D eigenvalue weighted by Crippen LogP contribution is 2.54. The van der Waals surface area contributed by atoms with Crippen molar-refractivity contribution >= 4 is 31.9 Å². The average Bonchev–Trinajstić information content (AvgIpc) is 2.43. The molecule has 3 rings (SSSR count). The molecule has 2 nitrogen and oxygen atoms in total. The molecule has 1 aromatic rings. The van der Waals surface area contributed by atoms with Gasteiger partial charge in [0.15, 0.2) is 0 Å². The molecule has 2 aliphatic carbocycles. The molecule has 0 radical (unpaired) electrons. The summed E-state index contributed by atoms with van der Waals surface area (Å²) in [5.74, 6) is 0.865. The first kappa shape index (κ1) is 13.9. The summed E-state index contributed by atoms with van der Waals surface area (Å²) in [6, 6.07) is 5.96. The zero-order valence-electron chi connectivity index (χ0n) is 10.7. The Hall–Kier alpha value is -0.0600. The minimum atomic E-state index is -0.181. The highest BCUT2D eigenvalue weighted by atomic mass is 79.9. The van der Waals surface area contributed by atoms with Crippen LogP contribution < -0.4 is 4.74 Å². The third kappa shape index (κ3) is 2.36. The van der Waals surface area contributed by atoms with Crippen LogP contribution in [0.3, 0.4) is 0 Å². The Morgan fingerprint density at radius 1 is 1.11 bits per heavy atom. The number of halogens is 2. The summed E-state index contributed by atoms with van der Waals surface area (Å²) in [4.78, 5) is 0. The summed E-state index contributed by atoms with van der Waals surface area (Å²) in [6.45, 7) is 0. The van der Waals surface area contributed by atoms with Crippen molar-refractivity contribution in [3.63, 3.8) is 0 Å². The van der Waals surface area contributed by atoms with Gasteiger partial charge in [-0.3, -0.25) is 0 Å². The van der Waals surface area contributed by atoms with E-state index in [4.69, 9.17) is 4.74 Å². The van der Waals surface area contributed by atoms with E-state index in [0.717, 1.165) is 34.0 Å². The van der Waals surface area contributed by atoms with Crippen molar-refractivity contribution in [1.82, 2.24) is 0 Å². The Labute approximate surface area is 130 Å². The van der Waals surface area contributed by atoms with Crippen LogP contribution in [-0.2, 0) is 0 Å². The lowest BCUT2D eigenvalue weighted by Gasteiger charge is -2.55. The Morgan fingerprint density at radius 2 is 1.74 bits per heavy atom. The monoisotopic (exact) mass is 388 g/mol. The second-order valence-electron chi connectivity index (χ2n) is 5.70. The van der Waals surface area contributed by atoms with Crippen LogP contribution in [0.15, 0.2) is 27.1 Å². The lowest BCUT2D eigenvalue weighted by molar-refractivity contribution is -0.172. The number of aliphatic hydroxyl groups is 1. The quantitative estimate of drug-likeness (QED) is 0.795. The minimum Gasteiger partial charge on any atom is -0.487 e. The molecule has 2 atom stereocenters. The van der Waals surface area contributed by atoms with Gasteiger partial charge in [0.25, 0.3) is 0 Å². The Kier molecular flexibility index (Phi) is 3.93. The number of aliphatic hydroxyl groups excluding tert-OH is 1. The van der Waals surface area contributed by atoms with Gasteiger partial charge in [0.1, 0.15) is 11.9 Å². The van der Waals surface area contributed by atoms with Crippen LogP contribution in [0.5, 0.6) is 5.75 Å². The van der Waals surface area contributed by atoms with Gasteiger partial charge in [-0.15, -0.1) is 0 Å². The first-order valence-electron chi connectivity index (χ1n) is 6.92. The summed E-state index contributed by atoms with van der Waals surface area (Å²) in [5.41, 5.74) is 0.00692. The van der Waals surface area contributed by atoms with E-state index in [0.29, 0.717) is 0 Å². The topological polar surface area (TPSA) is 29.5 Å². The van der Waals surface area contributed by atoms with E-state index in [1.807, 2.05) is 18.2 Å². The lowest BCUT2D eigenvalue weighted by atomic mass is 9.56. The highest BCUT2D eigenvalue weighted by molar-refractivity contribution is 9.11. The summed E-state index contributed by atoms with van der Waals surface area (Å²) < 4.78 is 8.16. The molecule has 4 heteroatoms. The fraction of sp³-hybridized carbons (Fsp3) is 0.600. The van der Waals surface area contributed by atoms with Crippen molar-refractivity contribution in [2.75, 3.05) is 0 Å². The van der Waals surface area contributed by atoms with E-state index < -0.39 is 0 Å². The van der Waals surface area contributed by atoms with Crippen LogP contribution in [-0.4, -0.2) is 17.3 Å². The zero-order valence-corrected chi connectivity index (χ0v) is 13.9. The van der Waals surface area contributed by atoms with Crippen molar-refractivity contribution in [3.05, 3.63) is 27.1 Å². The number of hydrogen-bond acceptors (Lipinski definition) is 2. The molecular weight excluding hydrogens is 372 g/mol. The van der Waals surface area contributed by atoms with Crippen molar-refractivity contribution < 1.29 is 9.84 Å². The van der Waals surface area contributed by atoms with Gasteiger partial charge in [-0.1, -0.05) is 25.3 Å². The van der Waals surface area contributed by atoms with Crippen molar-refractivity contribution in [3.8, 4) is 5.75 Å². The molecule has 1 aromatic carbocycles. The molecule has 2 fully saturated rings. The maximum Gasteiger partial charge on any atom is 0.148 e. The third-order valence-electron chi connectivity index (χ3n) is 4.71. The molecule has 0 heterocycles. The van der Waals surface area contributed by atoms with Gasteiger partial charge in [0.05, 0.1) is 15.0 Å². The Bertz CT molecular complexity index is 449. The summed E-state index contributed by atoms with van der Waals surface area (Å²) in [6.07, 6.45) is 6.65. The molecule has 0 aromatic heterocycles. The largest absolute Gasteiger partial charge is 0.487 e. The fourth-order valence-corrected chi connectivity index (χ4v) is 4.68. The molecule has 104 valence electrons. The number of rotatable bonds is 2. The van der Waals surface area contributed by atoms with Crippen LogP contribution in [0.25, 0.3) is 0 Å². The first-order valence-corrected chi connectivity index (χ1v) is 8.51. The summed E-state index contributed by atoms with van der Waals surface area (Å²) in [7, 11) is 0. The predicted octanol–water partition coefficient (Wildman–Crippen LogP) is 4.67. The normalized spacial score (nSPS) is 29.0. The van der Waals surface area contributed by atoms with E-state index in [1.54, 1.807) is 0 Å². The number of benzene rings is 1. The second kappa shape index (κ2) is 5.38. The van der Waals surface area contributed by atoms with Crippen molar-refractivity contribution in [2.45, 2.75) is 50.7 Å². The van der Waals surface area contributed by atoms with Crippen LogP contribution in [0.1, 0.15) is 38.5 Å². The van der Waals surface area contributed by atoms with E-state index in [9.17, 15) is 5.11 Å². The molecule has 2 unspecified atom stereocenters. The smallest absolute Gasteiger partial charge is 0.148 e. The minimum absolute atomic E-state index is 0.00692. The number of ether oxygens (including phenoxy) is 1. The molecule has 1 spiro atoms. The molecular formula is C15H18Br2O2. The van der Waals surface area contributed by atoms with E-state index in [1.165, 1.54) is 19.3 Å². The Morgan fingerprint density at radius 3 is 2.32 bits per heavy atom. The van der Waals surface area contributed by atoms with Crippen molar-refractivity contribution in [1.29, 1.82) is 0 Å². The maximum absolute atomic E-state index is 10.2. The fourth-order valence-electron chi connectivity index (χ4n) is 3.49. The van der Waals surface area contributed by atoms with Crippen LogP contribution in [0, 0.1) is 5.41 Å². The first-order chi connectivity index (χ1) is 9.13. The zero-order chi connectivity index (χ0) is 13.5. The van der Waals surface area contributed by atoms with Gasteiger partial charge in [-0.05, 0) is 56.8 Å². The summed E-state index contributed by atoms with van der Waals surface area (Å²) in [5, 5.41) is 10.2. The molecule has 0 bridgehead atoms. The van der Waals surface area contributed by atoms with Gasteiger partial charge in [0, 0.05) is 11.8 Å². The van der Waals surface area contributed by atoms with Gasteiger partial charge in [-0.25, -0.2) is 0 Å². The molecule has 2 aliphatic rings. The molecule has 0 saturated heterocycles.